The van der Waals surface area contributed by atoms with Crippen molar-refractivity contribution in [3.63, 3.8) is 0 Å². The fourth-order valence-electron chi connectivity index (χ4n) is 2.76. The predicted molar refractivity (Wildman–Crippen MR) is 97.9 cm³/mol. The lowest BCUT2D eigenvalue weighted by molar-refractivity contribution is -0.155. The molecule has 0 unspecified atom stereocenters. The lowest BCUT2D eigenvalue weighted by Gasteiger charge is -2.22. The quantitative estimate of drug-likeness (QED) is 0.634. The second kappa shape index (κ2) is 10.3. The van der Waals surface area contributed by atoms with Crippen LogP contribution in [0, 0.1) is 11.8 Å². The summed E-state index contributed by atoms with van der Waals surface area (Å²) in [6.07, 6.45) is -0.631. The number of Topliss-reactive ketones (excluding diaryl/α,β-unsaturated/α-hetero) is 1. The van der Waals surface area contributed by atoms with Gasteiger partial charge in [0, 0.05) is 12.5 Å². The van der Waals surface area contributed by atoms with Crippen molar-refractivity contribution < 1.29 is 19.4 Å². The van der Waals surface area contributed by atoms with Crippen molar-refractivity contribution in [2.75, 3.05) is 0 Å². The molecule has 5 heteroatoms. The van der Waals surface area contributed by atoms with Gasteiger partial charge < -0.3 is 15.6 Å². The third kappa shape index (κ3) is 7.80. The van der Waals surface area contributed by atoms with Crippen LogP contribution in [0.5, 0.6) is 0 Å². The molecule has 0 bridgehead atoms. The SMILES string of the molecule is CC(C)C[C@H](CC(=O)[C@@H](O)[C@H](N)Cc1ccccc1)C(=O)OC(C)C. The summed E-state index contributed by atoms with van der Waals surface area (Å²) in [5.74, 6) is -1.10. The largest absolute Gasteiger partial charge is 0.463 e. The van der Waals surface area contributed by atoms with Gasteiger partial charge in [0.25, 0.3) is 0 Å². The molecule has 25 heavy (non-hydrogen) atoms. The number of hydrogen-bond acceptors (Lipinski definition) is 5. The number of aliphatic hydroxyl groups excluding tert-OH is 1. The molecular weight excluding hydrogens is 318 g/mol. The summed E-state index contributed by atoms with van der Waals surface area (Å²) in [7, 11) is 0. The number of carbonyl (C=O) groups is 2. The summed E-state index contributed by atoms with van der Waals surface area (Å²) >= 11 is 0. The van der Waals surface area contributed by atoms with E-state index in [1.165, 1.54) is 0 Å². The average molecular weight is 349 g/mol. The van der Waals surface area contributed by atoms with Crippen molar-refractivity contribution in [1.29, 1.82) is 0 Å². The van der Waals surface area contributed by atoms with Crippen molar-refractivity contribution in [2.24, 2.45) is 17.6 Å². The molecule has 0 radical (unpaired) electrons. The van der Waals surface area contributed by atoms with Gasteiger partial charge in [-0.15, -0.1) is 0 Å². The first kappa shape index (κ1) is 21.3. The number of ether oxygens (including phenoxy) is 1. The molecule has 0 aliphatic rings. The molecule has 5 nitrogen and oxygen atoms in total. The molecule has 0 aliphatic carbocycles. The summed E-state index contributed by atoms with van der Waals surface area (Å²) in [4.78, 5) is 24.6. The molecule has 0 heterocycles. The monoisotopic (exact) mass is 349 g/mol. The molecule has 0 aliphatic heterocycles. The number of carbonyl (C=O) groups excluding carboxylic acids is 2. The molecule has 0 saturated carbocycles. The molecule has 3 N–H and O–H groups in total. The molecule has 0 fully saturated rings. The zero-order valence-electron chi connectivity index (χ0n) is 15.6. The van der Waals surface area contributed by atoms with Crippen LogP contribution in [0.4, 0.5) is 0 Å². The first-order valence-corrected chi connectivity index (χ1v) is 8.91. The minimum Gasteiger partial charge on any atom is -0.463 e. The van der Waals surface area contributed by atoms with E-state index in [4.69, 9.17) is 10.5 Å². The lowest BCUT2D eigenvalue weighted by atomic mass is 9.89. The van der Waals surface area contributed by atoms with Crippen molar-refractivity contribution in [1.82, 2.24) is 0 Å². The molecule has 1 aromatic carbocycles. The third-order valence-corrected chi connectivity index (χ3v) is 3.94. The number of benzene rings is 1. The van der Waals surface area contributed by atoms with Gasteiger partial charge in [-0.1, -0.05) is 44.2 Å². The van der Waals surface area contributed by atoms with Gasteiger partial charge in [-0.2, -0.15) is 0 Å². The number of ketones is 1. The van der Waals surface area contributed by atoms with E-state index in [1.807, 2.05) is 44.2 Å². The minimum atomic E-state index is -1.29. The maximum atomic E-state index is 12.4. The third-order valence-electron chi connectivity index (χ3n) is 3.94. The Morgan fingerprint density at radius 1 is 1.12 bits per heavy atom. The highest BCUT2D eigenvalue weighted by Crippen LogP contribution is 2.20. The van der Waals surface area contributed by atoms with Crippen LogP contribution in [-0.2, 0) is 20.7 Å². The molecule has 0 aromatic heterocycles. The summed E-state index contributed by atoms with van der Waals surface area (Å²) in [6.45, 7) is 7.52. The van der Waals surface area contributed by atoms with E-state index in [1.54, 1.807) is 13.8 Å². The maximum Gasteiger partial charge on any atom is 0.309 e. The molecule has 3 atom stereocenters. The Bertz CT molecular complexity index is 542. The van der Waals surface area contributed by atoms with Crippen LogP contribution < -0.4 is 5.73 Å². The summed E-state index contributed by atoms with van der Waals surface area (Å²) in [5.41, 5.74) is 6.96. The molecular formula is C20H31NO4. The van der Waals surface area contributed by atoms with Crippen LogP contribution in [0.3, 0.4) is 0 Å². The highest BCUT2D eigenvalue weighted by atomic mass is 16.5. The second-order valence-corrected chi connectivity index (χ2v) is 7.28. The first-order valence-electron chi connectivity index (χ1n) is 8.91. The van der Waals surface area contributed by atoms with E-state index in [0.29, 0.717) is 12.8 Å². The zero-order valence-corrected chi connectivity index (χ0v) is 15.6. The van der Waals surface area contributed by atoms with E-state index in [9.17, 15) is 14.7 Å². The fraction of sp³-hybridized carbons (Fsp3) is 0.600. The van der Waals surface area contributed by atoms with Gasteiger partial charge in [-0.25, -0.2) is 0 Å². The smallest absolute Gasteiger partial charge is 0.309 e. The maximum absolute atomic E-state index is 12.4. The minimum absolute atomic E-state index is 0.0482. The molecule has 0 saturated heterocycles. The van der Waals surface area contributed by atoms with Crippen LogP contribution in [-0.4, -0.2) is 35.1 Å². The summed E-state index contributed by atoms with van der Waals surface area (Å²) in [5, 5.41) is 10.3. The number of aliphatic hydroxyl groups is 1. The average Bonchev–Trinajstić information content (AvgIpc) is 2.53. The summed E-state index contributed by atoms with van der Waals surface area (Å²) < 4.78 is 5.25. The van der Waals surface area contributed by atoms with Gasteiger partial charge in [0.15, 0.2) is 5.78 Å². The number of hydrogen-bond donors (Lipinski definition) is 2. The zero-order chi connectivity index (χ0) is 19.0. The van der Waals surface area contributed by atoms with Gasteiger partial charge in [-0.3, -0.25) is 9.59 Å². The molecule has 1 rings (SSSR count). The van der Waals surface area contributed by atoms with Crippen molar-refractivity contribution in [3.05, 3.63) is 35.9 Å². The Morgan fingerprint density at radius 2 is 1.72 bits per heavy atom. The van der Waals surface area contributed by atoms with E-state index in [0.717, 1.165) is 5.56 Å². The molecule has 140 valence electrons. The highest BCUT2D eigenvalue weighted by molar-refractivity contribution is 5.88. The van der Waals surface area contributed by atoms with E-state index >= 15 is 0 Å². The molecule has 1 aromatic rings. The Morgan fingerprint density at radius 3 is 2.24 bits per heavy atom. The van der Waals surface area contributed by atoms with Crippen molar-refractivity contribution >= 4 is 11.8 Å². The number of esters is 1. The van der Waals surface area contributed by atoms with Gasteiger partial charge in [0.1, 0.15) is 6.10 Å². The molecule has 0 spiro atoms. The van der Waals surface area contributed by atoms with E-state index < -0.39 is 23.8 Å². The summed E-state index contributed by atoms with van der Waals surface area (Å²) in [6, 6.07) is 8.77. The van der Waals surface area contributed by atoms with Gasteiger partial charge in [-0.05, 0) is 38.2 Å². The van der Waals surface area contributed by atoms with Crippen molar-refractivity contribution in [3.8, 4) is 0 Å². The number of nitrogens with two attached hydrogens (primary N) is 1. The first-order chi connectivity index (χ1) is 11.7. The van der Waals surface area contributed by atoms with Crippen LogP contribution in [0.15, 0.2) is 30.3 Å². The Labute approximate surface area is 150 Å². The van der Waals surface area contributed by atoms with Crippen LogP contribution in [0.2, 0.25) is 0 Å². The van der Waals surface area contributed by atoms with Crippen molar-refractivity contribution in [2.45, 2.75) is 65.2 Å². The Hall–Kier alpha value is -1.72. The van der Waals surface area contributed by atoms with E-state index in [-0.39, 0.29) is 24.4 Å². The number of rotatable bonds is 10. The normalized spacial score (nSPS) is 15.0. The lowest BCUT2D eigenvalue weighted by Crippen LogP contribution is -2.43. The fourth-order valence-corrected chi connectivity index (χ4v) is 2.76. The Kier molecular flexibility index (Phi) is 8.79. The van der Waals surface area contributed by atoms with Gasteiger partial charge >= 0.3 is 5.97 Å². The highest BCUT2D eigenvalue weighted by Gasteiger charge is 2.30. The standard InChI is InChI=1S/C20H31NO4/c1-13(2)10-16(20(24)25-14(3)4)12-18(22)19(23)17(21)11-15-8-6-5-7-9-15/h5-9,13-14,16-17,19,23H,10-12,21H2,1-4H3/t16-,17-,19+/m1/s1. The topological polar surface area (TPSA) is 89.6 Å². The van der Waals surface area contributed by atoms with Crippen LogP contribution in [0.1, 0.15) is 46.1 Å². The van der Waals surface area contributed by atoms with Gasteiger partial charge in [0.2, 0.25) is 0 Å². The molecule has 0 amide bonds. The van der Waals surface area contributed by atoms with Gasteiger partial charge in [0.05, 0.1) is 12.0 Å². The van der Waals surface area contributed by atoms with Crippen LogP contribution >= 0.6 is 0 Å². The predicted octanol–water partition coefficient (Wildman–Crippen LogP) is 2.49. The second-order valence-electron chi connectivity index (χ2n) is 7.28. The van der Waals surface area contributed by atoms with Crippen LogP contribution in [0.25, 0.3) is 0 Å². The Balaban J connectivity index is 2.68. The van der Waals surface area contributed by atoms with E-state index in [2.05, 4.69) is 0 Å².